The van der Waals surface area contributed by atoms with Crippen molar-refractivity contribution >= 4 is 15.7 Å². The number of benzene rings is 1. The van der Waals surface area contributed by atoms with Crippen molar-refractivity contribution in [3.05, 3.63) is 23.5 Å². The summed E-state index contributed by atoms with van der Waals surface area (Å²) < 4.78 is 41.4. The molecule has 0 bridgehead atoms. The first-order valence-electron chi connectivity index (χ1n) is 7.34. The van der Waals surface area contributed by atoms with E-state index in [-0.39, 0.29) is 22.5 Å². The molecule has 21 heavy (non-hydrogen) atoms. The second kappa shape index (κ2) is 5.93. The van der Waals surface area contributed by atoms with Crippen molar-refractivity contribution in [3.8, 4) is 0 Å². The van der Waals surface area contributed by atoms with E-state index >= 15 is 0 Å². The molecule has 4 nitrogen and oxygen atoms in total. The molecular weight excluding hydrogens is 291 g/mol. The summed E-state index contributed by atoms with van der Waals surface area (Å²) in [5.41, 5.74) is 6.52. The van der Waals surface area contributed by atoms with Gasteiger partial charge in [0.05, 0.1) is 0 Å². The van der Waals surface area contributed by atoms with Gasteiger partial charge in [0.25, 0.3) is 0 Å². The van der Waals surface area contributed by atoms with E-state index in [2.05, 4.69) is 11.6 Å². The van der Waals surface area contributed by atoms with Gasteiger partial charge in [-0.15, -0.1) is 0 Å². The number of nitrogens with two attached hydrogens (primary N) is 1. The summed E-state index contributed by atoms with van der Waals surface area (Å²) in [5, 5.41) is 0. The highest BCUT2D eigenvalue weighted by atomic mass is 32.2. The van der Waals surface area contributed by atoms with Crippen LogP contribution in [0.5, 0.6) is 0 Å². The summed E-state index contributed by atoms with van der Waals surface area (Å²) in [6, 6.07) is 2.22. The molecule has 1 aromatic carbocycles. The van der Waals surface area contributed by atoms with E-state index in [1.807, 2.05) is 6.92 Å². The normalized spacial score (nSPS) is 26.2. The van der Waals surface area contributed by atoms with Gasteiger partial charge < -0.3 is 5.73 Å². The predicted molar refractivity (Wildman–Crippen MR) is 81.8 cm³/mol. The quantitative estimate of drug-likeness (QED) is 0.839. The van der Waals surface area contributed by atoms with Crippen molar-refractivity contribution in [2.75, 3.05) is 5.73 Å². The molecule has 1 saturated carbocycles. The molecule has 1 aliphatic carbocycles. The molecule has 1 fully saturated rings. The molecule has 0 saturated heterocycles. The van der Waals surface area contributed by atoms with E-state index < -0.39 is 15.8 Å². The van der Waals surface area contributed by atoms with Crippen LogP contribution in [0.4, 0.5) is 10.1 Å². The number of hydrogen-bond donors (Lipinski definition) is 2. The van der Waals surface area contributed by atoms with Gasteiger partial charge in [0, 0.05) is 11.7 Å². The second-order valence-electron chi connectivity index (χ2n) is 5.97. The average molecular weight is 314 g/mol. The number of nitrogens with one attached hydrogen (secondary N) is 1. The number of aryl methyl sites for hydroxylation is 1. The molecule has 3 unspecified atom stereocenters. The highest BCUT2D eigenvalue weighted by Crippen LogP contribution is 2.35. The number of anilines is 1. The molecule has 3 atom stereocenters. The fourth-order valence-electron chi connectivity index (χ4n) is 3.13. The molecule has 118 valence electrons. The van der Waals surface area contributed by atoms with Crippen LogP contribution in [-0.2, 0) is 10.0 Å². The maximum atomic E-state index is 14.0. The summed E-state index contributed by atoms with van der Waals surface area (Å²) in [4.78, 5) is -0.363. The third kappa shape index (κ3) is 3.21. The Morgan fingerprint density at radius 2 is 2.05 bits per heavy atom. The van der Waals surface area contributed by atoms with Crippen molar-refractivity contribution < 1.29 is 12.8 Å². The summed E-state index contributed by atoms with van der Waals surface area (Å²) in [5.74, 6) is 0.0214. The molecule has 1 aromatic rings. The van der Waals surface area contributed by atoms with Crippen LogP contribution in [0.3, 0.4) is 0 Å². The molecular formula is C15H23FN2O2S. The standard InChI is InChI=1S/C15H23FN2O2S/c1-4-11-5-6-14(10(11)3)18-21(19,20)15-8-13(17)9(2)7-12(15)16/h7-8,10-11,14,18H,4-6,17H2,1-3H3. The largest absolute Gasteiger partial charge is 0.398 e. The SMILES string of the molecule is CCC1CCC(NS(=O)(=O)c2cc(N)c(C)cc2F)C1C. The fraction of sp³-hybridized carbons (Fsp3) is 0.600. The second-order valence-corrected chi connectivity index (χ2v) is 7.65. The minimum atomic E-state index is -3.88. The number of nitrogen functional groups attached to an aromatic ring is 1. The summed E-state index contributed by atoms with van der Waals surface area (Å²) in [7, 11) is -3.88. The third-order valence-corrected chi connectivity index (χ3v) is 6.17. The van der Waals surface area contributed by atoms with Crippen molar-refractivity contribution in [1.29, 1.82) is 0 Å². The van der Waals surface area contributed by atoms with Gasteiger partial charge in [-0.3, -0.25) is 0 Å². The molecule has 0 spiro atoms. The number of rotatable bonds is 4. The Morgan fingerprint density at radius 3 is 2.62 bits per heavy atom. The molecule has 2 rings (SSSR count). The first kappa shape index (κ1) is 16.2. The van der Waals surface area contributed by atoms with Crippen molar-refractivity contribution in [2.24, 2.45) is 11.8 Å². The molecule has 0 aromatic heterocycles. The first-order chi connectivity index (χ1) is 9.76. The molecule has 0 aliphatic heterocycles. The van der Waals surface area contributed by atoms with Crippen molar-refractivity contribution in [2.45, 2.75) is 51.0 Å². The average Bonchev–Trinajstić information content (AvgIpc) is 2.74. The topological polar surface area (TPSA) is 72.2 Å². The number of hydrogen-bond acceptors (Lipinski definition) is 3. The Hall–Kier alpha value is -1.14. The molecule has 0 amide bonds. The van der Waals surface area contributed by atoms with Crippen LogP contribution in [0.1, 0.15) is 38.7 Å². The van der Waals surface area contributed by atoms with Gasteiger partial charge in [0.1, 0.15) is 10.7 Å². The Kier molecular flexibility index (Phi) is 4.58. The third-order valence-electron chi connectivity index (χ3n) is 4.67. The van der Waals surface area contributed by atoms with Crippen LogP contribution in [0.25, 0.3) is 0 Å². The highest BCUT2D eigenvalue weighted by molar-refractivity contribution is 7.89. The zero-order valence-electron chi connectivity index (χ0n) is 12.7. The monoisotopic (exact) mass is 314 g/mol. The lowest BCUT2D eigenvalue weighted by Gasteiger charge is -2.21. The summed E-state index contributed by atoms with van der Waals surface area (Å²) >= 11 is 0. The Balaban J connectivity index is 2.26. The molecule has 3 N–H and O–H groups in total. The van der Waals surface area contributed by atoms with Gasteiger partial charge in [-0.05, 0) is 49.3 Å². The van der Waals surface area contributed by atoms with Crippen LogP contribution >= 0.6 is 0 Å². The molecule has 6 heteroatoms. The van der Waals surface area contributed by atoms with Crippen LogP contribution in [0.2, 0.25) is 0 Å². The Bertz CT molecular complexity index is 631. The molecule has 1 aliphatic rings. The first-order valence-corrected chi connectivity index (χ1v) is 8.82. The van der Waals surface area contributed by atoms with E-state index in [0.717, 1.165) is 25.3 Å². The van der Waals surface area contributed by atoms with E-state index in [1.165, 1.54) is 6.07 Å². The Labute approximate surface area is 126 Å². The summed E-state index contributed by atoms with van der Waals surface area (Å²) in [6.45, 7) is 5.81. The maximum Gasteiger partial charge on any atom is 0.243 e. The van der Waals surface area contributed by atoms with E-state index in [1.54, 1.807) is 6.92 Å². The van der Waals surface area contributed by atoms with Gasteiger partial charge in [0.2, 0.25) is 10.0 Å². The predicted octanol–water partition coefficient (Wildman–Crippen LogP) is 2.82. The van der Waals surface area contributed by atoms with Gasteiger partial charge in [-0.1, -0.05) is 20.3 Å². The van der Waals surface area contributed by atoms with Crippen molar-refractivity contribution in [3.63, 3.8) is 0 Å². The van der Waals surface area contributed by atoms with Gasteiger partial charge >= 0.3 is 0 Å². The van der Waals surface area contributed by atoms with Gasteiger partial charge in [-0.25, -0.2) is 17.5 Å². The van der Waals surface area contributed by atoms with Crippen LogP contribution < -0.4 is 10.5 Å². The van der Waals surface area contributed by atoms with Crippen molar-refractivity contribution in [1.82, 2.24) is 4.72 Å². The number of halogens is 1. The zero-order valence-corrected chi connectivity index (χ0v) is 13.5. The lowest BCUT2D eigenvalue weighted by Crippen LogP contribution is -2.37. The van der Waals surface area contributed by atoms with Gasteiger partial charge in [-0.2, -0.15) is 0 Å². The van der Waals surface area contributed by atoms with E-state index in [4.69, 9.17) is 5.73 Å². The lowest BCUT2D eigenvalue weighted by atomic mass is 9.94. The van der Waals surface area contributed by atoms with Crippen LogP contribution in [0.15, 0.2) is 17.0 Å². The van der Waals surface area contributed by atoms with Gasteiger partial charge in [0.15, 0.2) is 0 Å². The molecule has 0 radical (unpaired) electrons. The van der Waals surface area contributed by atoms with E-state index in [0.29, 0.717) is 11.5 Å². The smallest absolute Gasteiger partial charge is 0.243 e. The highest BCUT2D eigenvalue weighted by Gasteiger charge is 2.35. The minimum absolute atomic E-state index is 0.137. The molecule has 0 heterocycles. The lowest BCUT2D eigenvalue weighted by molar-refractivity contribution is 0.368. The Morgan fingerprint density at radius 1 is 1.38 bits per heavy atom. The minimum Gasteiger partial charge on any atom is -0.398 e. The summed E-state index contributed by atoms with van der Waals surface area (Å²) in [6.07, 6.45) is 2.83. The number of sulfonamides is 1. The van der Waals surface area contributed by atoms with Crippen LogP contribution in [-0.4, -0.2) is 14.5 Å². The maximum absolute atomic E-state index is 14.0. The zero-order chi connectivity index (χ0) is 15.8. The van der Waals surface area contributed by atoms with Crippen LogP contribution in [0, 0.1) is 24.6 Å². The van der Waals surface area contributed by atoms with E-state index in [9.17, 15) is 12.8 Å². The fourth-order valence-corrected chi connectivity index (χ4v) is 4.58.